The molecule has 1 aromatic rings. The zero-order chi connectivity index (χ0) is 13.2. The van der Waals surface area contributed by atoms with E-state index in [1.165, 1.54) is 0 Å². The van der Waals surface area contributed by atoms with Crippen LogP contribution in [-0.4, -0.2) is 40.1 Å². The lowest BCUT2D eigenvalue weighted by Crippen LogP contribution is -2.49. The first kappa shape index (κ1) is 13.5. The summed E-state index contributed by atoms with van der Waals surface area (Å²) in [6, 6.07) is 3.74. The number of likely N-dealkylation sites (N-methyl/N-ethyl adjacent to an activating group) is 1. The lowest BCUT2D eigenvalue weighted by atomic mass is 9.95. The van der Waals surface area contributed by atoms with Crippen LogP contribution in [0.3, 0.4) is 0 Å². The van der Waals surface area contributed by atoms with Crippen LogP contribution in [0.25, 0.3) is 0 Å². The molecule has 1 aliphatic rings. The lowest BCUT2D eigenvalue weighted by molar-refractivity contribution is -0.151. The van der Waals surface area contributed by atoms with Crippen LogP contribution in [0.4, 0.5) is 0 Å². The van der Waals surface area contributed by atoms with Gasteiger partial charge in [0.05, 0.1) is 6.54 Å². The molecule has 0 saturated carbocycles. The summed E-state index contributed by atoms with van der Waals surface area (Å²) >= 11 is 1.78. The zero-order valence-corrected chi connectivity index (χ0v) is 11.6. The number of hydrogen-bond acceptors (Lipinski definition) is 4. The van der Waals surface area contributed by atoms with Crippen LogP contribution in [0.15, 0.2) is 16.5 Å². The zero-order valence-electron chi connectivity index (χ0n) is 10.8. The molecular weight excluding hydrogens is 250 g/mol. The predicted molar refractivity (Wildman–Crippen MR) is 71.4 cm³/mol. The van der Waals surface area contributed by atoms with E-state index in [1.54, 1.807) is 23.7 Å². The minimum Gasteiger partial charge on any atom is -0.464 e. The van der Waals surface area contributed by atoms with Crippen molar-refractivity contribution >= 4 is 17.7 Å². The van der Waals surface area contributed by atoms with Gasteiger partial charge in [-0.1, -0.05) is 0 Å². The van der Waals surface area contributed by atoms with Crippen molar-refractivity contribution in [2.45, 2.75) is 31.9 Å². The van der Waals surface area contributed by atoms with Crippen LogP contribution in [0.2, 0.25) is 0 Å². The normalized spacial score (nSPS) is 18.6. The van der Waals surface area contributed by atoms with E-state index in [4.69, 9.17) is 4.42 Å². The molecule has 0 unspecified atom stereocenters. The molecule has 1 aliphatic heterocycles. The van der Waals surface area contributed by atoms with Crippen molar-refractivity contribution in [3.05, 3.63) is 23.7 Å². The maximum absolute atomic E-state index is 12.3. The fourth-order valence-corrected chi connectivity index (χ4v) is 3.32. The van der Waals surface area contributed by atoms with Crippen molar-refractivity contribution in [2.24, 2.45) is 0 Å². The average molecular weight is 269 g/mol. The van der Waals surface area contributed by atoms with E-state index in [9.17, 15) is 9.90 Å². The summed E-state index contributed by atoms with van der Waals surface area (Å²) in [5.74, 6) is 3.07. The van der Waals surface area contributed by atoms with Gasteiger partial charge in [0.2, 0.25) is 0 Å². The summed E-state index contributed by atoms with van der Waals surface area (Å²) in [5, 5.41) is 10.4. The molecule has 0 bridgehead atoms. The lowest BCUT2D eigenvalue weighted by Gasteiger charge is -2.33. The summed E-state index contributed by atoms with van der Waals surface area (Å²) in [5.41, 5.74) is -1.18. The molecule has 1 saturated heterocycles. The summed E-state index contributed by atoms with van der Waals surface area (Å²) in [6.07, 6.45) is 1.08. The second kappa shape index (κ2) is 5.36. The van der Waals surface area contributed by atoms with Gasteiger partial charge >= 0.3 is 0 Å². The standard InChI is InChI=1S/C13H19NO3S/c1-10-3-4-11(17-10)9-14(2)12(15)13(16)5-7-18-8-6-13/h3-4,16H,5-9H2,1-2H3. The Morgan fingerprint density at radius 3 is 2.72 bits per heavy atom. The van der Waals surface area contributed by atoms with E-state index in [1.807, 2.05) is 19.1 Å². The highest BCUT2D eigenvalue weighted by molar-refractivity contribution is 7.99. The number of nitrogens with zero attached hydrogens (tertiary/aromatic N) is 1. The smallest absolute Gasteiger partial charge is 0.254 e. The van der Waals surface area contributed by atoms with E-state index < -0.39 is 5.60 Å². The number of carbonyl (C=O) groups is 1. The largest absolute Gasteiger partial charge is 0.464 e. The Morgan fingerprint density at radius 1 is 1.50 bits per heavy atom. The number of thioether (sulfide) groups is 1. The van der Waals surface area contributed by atoms with Crippen LogP contribution < -0.4 is 0 Å². The van der Waals surface area contributed by atoms with Crippen LogP contribution in [-0.2, 0) is 11.3 Å². The number of aryl methyl sites for hydroxylation is 1. The van der Waals surface area contributed by atoms with E-state index in [-0.39, 0.29) is 5.91 Å². The highest BCUT2D eigenvalue weighted by Gasteiger charge is 2.39. The summed E-state index contributed by atoms with van der Waals surface area (Å²) in [4.78, 5) is 13.8. The van der Waals surface area contributed by atoms with E-state index >= 15 is 0 Å². The molecule has 1 fully saturated rings. The van der Waals surface area contributed by atoms with Crippen LogP contribution in [0, 0.1) is 6.92 Å². The quantitative estimate of drug-likeness (QED) is 0.909. The van der Waals surface area contributed by atoms with Crippen molar-refractivity contribution < 1.29 is 14.3 Å². The molecule has 2 heterocycles. The summed E-state index contributed by atoms with van der Waals surface area (Å²) in [6.45, 7) is 2.28. The molecular formula is C13H19NO3S. The summed E-state index contributed by atoms with van der Waals surface area (Å²) < 4.78 is 5.44. The first-order valence-electron chi connectivity index (χ1n) is 6.12. The van der Waals surface area contributed by atoms with E-state index in [2.05, 4.69) is 0 Å². The highest BCUT2D eigenvalue weighted by atomic mass is 32.2. The number of hydrogen-bond donors (Lipinski definition) is 1. The average Bonchev–Trinajstić information content (AvgIpc) is 2.74. The maximum Gasteiger partial charge on any atom is 0.254 e. The molecule has 1 N–H and O–H groups in total. The minimum absolute atomic E-state index is 0.197. The van der Waals surface area contributed by atoms with Gasteiger partial charge < -0.3 is 14.4 Å². The Labute approximate surface area is 111 Å². The molecule has 4 nitrogen and oxygen atoms in total. The molecule has 18 heavy (non-hydrogen) atoms. The van der Waals surface area contributed by atoms with Crippen molar-refractivity contribution in [3.63, 3.8) is 0 Å². The second-order valence-corrected chi connectivity index (χ2v) is 6.04. The van der Waals surface area contributed by atoms with Crippen molar-refractivity contribution in [1.82, 2.24) is 4.90 Å². The summed E-state index contributed by atoms with van der Waals surface area (Å²) in [7, 11) is 1.71. The molecule has 1 aromatic heterocycles. The van der Waals surface area contributed by atoms with Gasteiger partial charge in [0.25, 0.3) is 5.91 Å². The maximum atomic E-state index is 12.3. The van der Waals surface area contributed by atoms with Gasteiger partial charge in [-0.15, -0.1) is 0 Å². The van der Waals surface area contributed by atoms with E-state index in [0.717, 1.165) is 23.0 Å². The van der Waals surface area contributed by atoms with Gasteiger partial charge in [-0.2, -0.15) is 11.8 Å². The molecule has 0 spiro atoms. The Kier molecular flexibility index (Phi) is 4.02. The number of furan rings is 1. The monoisotopic (exact) mass is 269 g/mol. The minimum atomic E-state index is -1.18. The molecule has 0 radical (unpaired) electrons. The van der Waals surface area contributed by atoms with E-state index in [0.29, 0.717) is 19.4 Å². The fourth-order valence-electron chi connectivity index (χ4n) is 2.15. The molecule has 0 atom stereocenters. The van der Waals surface area contributed by atoms with Crippen molar-refractivity contribution in [2.75, 3.05) is 18.6 Å². The first-order valence-corrected chi connectivity index (χ1v) is 7.28. The molecule has 2 rings (SSSR count). The fraction of sp³-hybridized carbons (Fsp3) is 0.615. The molecule has 100 valence electrons. The SMILES string of the molecule is Cc1ccc(CN(C)C(=O)C2(O)CCSCC2)o1. The Hall–Kier alpha value is -0.940. The van der Waals surface area contributed by atoms with Crippen LogP contribution >= 0.6 is 11.8 Å². The van der Waals surface area contributed by atoms with Crippen LogP contribution in [0.5, 0.6) is 0 Å². The van der Waals surface area contributed by atoms with Gasteiger partial charge in [-0.05, 0) is 43.4 Å². The van der Waals surface area contributed by atoms with Crippen molar-refractivity contribution in [3.8, 4) is 0 Å². The number of rotatable bonds is 3. The van der Waals surface area contributed by atoms with Gasteiger partial charge in [0.1, 0.15) is 17.1 Å². The van der Waals surface area contributed by atoms with Crippen molar-refractivity contribution in [1.29, 1.82) is 0 Å². The molecule has 1 amide bonds. The number of aliphatic hydroxyl groups is 1. The van der Waals surface area contributed by atoms with Gasteiger partial charge in [0, 0.05) is 7.05 Å². The van der Waals surface area contributed by atoms with Gasteiger partial charge in [-0.25, -0.2) is 0 Å². The number of amides is 1. The predicted octanol–water partition coefficient (Wildman–Crippen LogP) is 1.80. The third-order valence-electron chi connectivity index (χ3n) is 3.25. The van der Waals surface area contributed by atoms with Crippen LogP contribution in [0.1, 0.15) is 24.4 Å². The second-order valence-electron chi connectivity index (χ2n) is 4.82. The topological polar surface area (TPSA) is 53.7 Å². The highest BCUT2D eigenvalue weighted by Crippen LogP contribution is 2.28. The van der Waals surface area contributed by atoms with Gasteiger partial charge in [0.15, 0.2) is 0 Å². The number of carbonyl (C=O) groups excluding carboxylic acids is 1. The Balaban J connectivity index is 1.99. The Bertz CT molecular complexity index is 424. The molecule has 5 heteroatoms. The third kappa shape index (κ3) is 2.90. The molecule has 0 aliphatic carbocycles. The Morgan fingerprint density at radius 2 is 2.17 bits per heavy atom. The third-order valence-corrected chi connectivity index (χ3v) is 4.24. The van der Waals surface area contributed by atoms with Gasteiger partial charge in [-0.3, -0.25) is 4.79 Å². The first-order chi connectivity index (χ1) is 8.51. The molecule has 0 aromatic carbocycles.